The van der Waals surface area contributed by atoms with Gasteiger partial charge in [-0.25, -0.2) is 4.98 Å². The summed E-state index contributed by atoms with van der Waals surface area (Å²) in [6, 6.07) is 7.41. The van der Waals surface area contributed by atoms with Crippen LogP contribution in [0.4, 0.5) is 11.5 Å². The molecule has 0 aliphatic heterocycles. The molecule has 0 spiro atoms. The molecular weight excluding hydrogens is 252 g/mol. The summed E-state index contributed by atoms with van der Waals surface area (Å²) in [5, 5.41) is 3.04. The van der Waals surface area contributed by atoms with E-state index in [1.54, 1.807) is 0 Å². The molecule has 0 saturated carbocycles. The van der Waals surface area contributed by atoms with Crippen LogP contribution in [0.3, 0.4) is 0 Å². The highest BCUT2D eigenvalue weighted by molar-refractivity contribution is 6.32. The van der Waals surface area contributed by atoms with Crippen LogP contribution < -0.4 is 16.6 Å². The Morgan fingerprint density at radius 3 is 2.89 bits per heavy atom. The molecule has 0 aliphatic rings. The summed E-state index contributed by atoms with van der Waals surface area (Å²) in [6.07, 6.45) is 1.30. The number of nitrogens with zero attached hydrogens (tertiary/aromatic N) is 1. The number of halogens is 1. The van der Waals surface area contributed by atoms with Crippen LogP contribution in [0.15, 0.2) is 35.4 Å². The smallest absolute Gasteiger partial charge is 0.271 e. The maximum atomic E-state index is 11.4. The van der Waals surface area contributed by atoms with Crippen molar-refractivity contribution in [3.05, 3.63) is 51.5 Å². The van der Waals surface area contributed by atoms with E-state index in [0.29, 0.717) is 5.82 Å². The molecule has 1 unspecified atom stereocenters. The molecule has 4 N–H and O–H groups in total. The van der Waals surface area contributed by atoms with Gasteiger partial charge in [0.25, 0.3) is 5.56 Å². The first kappa shape index (κ1) is 12.6. The van der Waals surface area contributed by atoms with E-state index in [1.165, 1.54) is 6.33 Å². The van der Waals surface area contributed by atoms with Crippen LogP contribution in [0.2, 0.25) is 5.02 Å². The zero-order chi connectivity index (χ0) is 13.1. The Labute approximate surface area is 109 Å². The molecule has 94 valence electrons. The van der Waals surface area contributed by atoms with Crippen LogP contribution in [0.25, 0.3) is 0 Å². The number of aromatic nitrogens is 2. The van der Waals surface area contributed by atoms with Crippen molar-refractivity contribution >= 4 is 23.1 Å². The van der Waals surface area contributed by atoms with Crippen molar-refractivity contribution in [2.75, 3.05) is 5.32 Å². The largest absolute Gasteiger partial charge is 0.338 e. The van der Waals surface area contributed by atoms with Crippen molar-refractivity contribution in [1.82, 2.24) is 9.97 Å². The summed E-state index contributed by atoms with van der Waals surface area (Å²) in [7, 11) is 0. The van der Waals surface area contributed by atoms with E-state index in [2.05, 4.69) is 15.3 Å². The summed E-state index contributed by atoms with van der Waals surface area (Å²) < 4.78 is 0. The maximum Gasteiger partial charge on any atom is 0.271 e. The molecule has 1 atom stereocenters. The van der Waals surface area contributed by atoms with Crippen molar-refractivity contribution in [3.8, 4) is 0 Å². The predicted molar refractivity (Wildman–Crippen MR) is 72.2 cm³/mol. The lowest BCUT2D eigenvalue weighted by Crippen LogP contribution is -2.12. The van der Waals surface area contributed by atoms with Gasteiger partial charge < -0.3 is 16.0 Å². The van der Waals surface area contributed by atoms with Crippen molar-refractivity contribution in [3.63, 3.8) is 0 Å². The molecule has 0 bridgehead atoms. The number of nitrogens with one attached hydrogen (secondary N) is 2. The fourth-order valence-corrected chi connectivity index (χ4v) is 1.76. The first-order valence-electron chi connectivity index (χ1n) is 5.44. The van der Waals surface area contributed by atoms with Gasteiger partial charge in [-0.1, -0.05) is 29.8 Å². The van der Waals surface area contributed by atoms with E-state index in [0.717, 1.165) is 11.3 Å². The average Bonchev–Trinajstić information content (AvgIpc) is 2.35. The van der Waals surface area contributed by atoms with Gasteiger partial charge in [0.15, 0.2) is 5.82 Å². The second-order valence-corrected chi connectivity index (χ2v) is 4.27. The van der Waals surface area contributed by atoms with E-state index in [-0.39, 0.29) is 16.6 Å². The number of hydrogen-bond donors (Lipinski definition) is 3. The van der Waals surface area contributed by atoms with E-state index < -0.39 is 0 Å². The van der Waals surface area contributed by atoms with Crippen LogP contribution in [0.1, 0.15) is 18.5 Å². The standard InChI is InChI=1S/C12H13ClN4O/c1-7(14)8-4-2-3-5-9(8)17-11-10(13)12(18)16-6-15-11/h2-7H,14H2,1H3,(H2,15,16,17,18). The van der Waals surface area contributed by atoms with Crippen molar-refractivity contribution in [2.45, 2.75) is 13.0 Å². The summed E-state index contributed by atoms with van der Waals surface area (Å²) in [5.74, 6) is 0.313. The highest BCUT2D eigenvalue weighted by Gasteiger charge is 2.10. The zero-order valence-electron chi connectivity index (χ0n) is 9.77. The topological polar surface area (TPSA) is 83.8 Å². The molecule has 0 fully saturated rings. The number of H-pyrrole nitrogens is 1. The third kappa shape index (κ3) is 2.52. The summed E-state index contributed by atoms with van der Waals surface area (Å²) in [6.45, 7) is 1.88. The van der Waals surface area contributed by atoms with Gasteiger partial charge in [-0.3, -0.25) is 4.79 Å². The van der Waals surface area contributed by atoms with Crippen molar-refractivity contribution < 1.29 is 0 Å². The normalized spacial score (nSPS) is 12.2. The van der Waals surface area contributed by atoms with Crippen LogP contribution in [0, 0.1) is 0 Å². The monoisotopic (exact) mass is 264 g/mol. The summed E-state index contributed by atoms with van der Waals surface area (Å²) in [4.78, 5) is 17.8. The number of aromatic amines is 1. The third-order valence-electron chi connectivity index (χ3n) is 2.50. The molecule has 0 saturated heterocycles. The molecule has 1 aromatic carbocycles. The first-order chi connectivity index (χ1) is 8.59. The van der Waals surface area contributed by atoms with Gasteiger partial charge in [0.1, 0.15) is 5.02 Å². The van der Waals surface area contributed by atoms with E-state index >= 15 is 0 Å². The Morgan fingerprint density at radius 2 is 2.17 bits per heavy atom. The van der Waals surface area contributed by atoms with Gasteiger partial charge in [0, 0.05) is 11.7 Å². The molecule has 0 radical (unpaired) electrons. The molecular formula is C12H13ClN4O. The number of para-hydroxylation sites is 1. The Morgan fingerprint density at radius 1 is 1.44 bits per heavy atom. The van der Waals surface area contributed by atoms with Crippen LogP contribution in [-0.2, 0) is 0 Å². The SMILES string of the molecule is CC(N)c1ccccc1Nc1nc[nH]c(=O)c1Cl. The Kier molecular flexibility index (Phi) is 3.64. The molecule has 2 aromatic rings. The third-order valence-corrected chi connectivity index (χ3v) is 2.85. The second-order valence-electron chi connectivity index (χ2n) is 3.90. The quantitative estimate of drug-likeness (QED) is 0.793. The van der Waals surface area contributed by atoms with E-state index in [4.69, 9.17) is 17.3 Å². The molecule has 1 aromatic heterocycles. The summed E-state index contributed by atoms with van der Waals surface area (Å²) >= 11 is 5.88. The number of nitrogens with two attached hydrogens (primary N) is 1. The van der Waals surface area contributed by atoms with Gasteiger partial charge in [-0.2, -0.15) is 0 Å². The van der Waals surface area contributed by atoms with Crippen LogP contribution >= 0.6 is 11.6 Å². The van der Waals surface area contributed by atoms with E-state index in [1.807, 2.05) is 31.2 Å². The molecule has 18 heavy (non-hydrogen) atoms. The lowest BCUT2D eigenvalue weighted by Gasteiger charge is -2.14. The van der Waals surface area contributed by atoms with Gasteiger partial charge in [-0.05, 0) is 18.6 Å². The molecule has 1 heterocycles. The van der Waals surface area contributed by atoms with E-state index in [9.17, 15) is 4.79 Å². The lowest BCUT2D eigenvalue weighted by molar-refractivity contribution is 0.820. The zero-order valence-corrected chi connectivity index (χ0v) is 10.5. The maximum absolute atomic E-state index is 11.4. The van der Waals surface area contributed by atoms with Gasteiger partial charge in [-0.15, -0.1) is 0 Å². The fraction of sp³-hybridized carbons (Fsp3) is 0.167. The van der Waals surface area contributed by atoms with Crippen LogP contribution in [0.5, 0.6) is 0 Å². The number of hydrogen-bond acceptors (Lipinski definition) is 4. The number of rotatable bonds is 3. The molecule has 0 amide bonds. The lowest BCUT2D eigenvalue weighted by atomic mass is 10.1. The molecule has 6 heteroatoms. The van der Waals surface area contributed by atoms with Crippen LogP contribution in [-0.4, -0.2) is 9.97 Å². The van der Waals surface area contributed by atoms with Crippen molar-refractivity contribution in [1.29, 1.82) is 0 Å². The molecule has 0 aliphatic carbocycles. The number of anilines is 2. The van der Waals surface area contributed by atoms with Gasteiger partial charge in [0.2, 0.25) is 0 Å². The minimum atomic E-state index is -0.382. The van der Waals surface area contributed by atoms with Crippen molar-refractivity contribution in [2.24, 2.45) is 5.73 Å². The summed E-state index contributed by atoms with van der Waals surface area (Å²) in [5.41, 5.74) is 7.20. The van der Waals surface area contributed by atoms with Gasteiger partial charge in [0.05, 0.1) is 6.33 Å². The Balaban J connectivity index is 2.40. The molecule has 5 nitrogen and oxygen atoms in total. The predicted octanol–water partition coefficient (Wildman–Crippen LogP) is 2.19. The first-order valence-corrected chi connectivity index (χ1v) is 5.82. The minimum Gasteiger partial charge on any atom is -0.338 e. The fourth-order valence-electron chi connectivity index (χ4n) is 1.61. The Hall–Kier alpha value is -1.85. The second kappa shape index (κ2) is 5.20. The minimum absolute atomic E-state index is 0.0250. The number of benzene rings is 1. The van der Waals surface area contributed by atoms with Gasteiger partial charge >= 0.3 is 0 Å². The Bertz CT molecular complexity index is 609. The average molecular weight is 265 g/mol. The highest BCUT2D eigenvalue weighted by atomic mass is 35.5. The highest BCUT2D eigenvalue weighted by Crippen LogP contribution is 2.25. The molecule has 2 rings (SSSR count).